The summed E-state index contributed by atoms with van der Waals surface area (Å²) in [6.07, 6.45) is 4.43. The molecule has 1 aromatic heterocycles. The van der Waals surface area contributed by atoms with Crippen LogP contribution in [0.25, 0.3) is 0 Å². The minimum atomic E-state index is -0.832. The highest BCUT2D eigenvalue weighted by molar-refractivity contribution is 7.13. The van der Waals surface area contributed by atoms with Gasteiger partial charge in [0, 0.05) is 11.6 Å². The molecule has 2 N–H and O–H groups in total. The molecule has 3 rings (SSSR count). The van der Waals surface area contributed by atoms with E-state index < -0.39 is 11.9 Å². The van der Waals surface area contributed by atoms with Crippen molar-refractivity contribution in [3.05, 3.63) is 11.6 Å². The Morgan fingerprint density at radius 2 is 2.06 bits per heavy atom. The van der Waals surface area contributed by atoms with Crippen molar-refractivity contribution in [2.75, 3.05) is 5.32 Å². The van der Waals surface area contributed by atoms with Gasteiger partial charge in [-0.15, -0.1) is 11.3 Å². The number of carboxylic acids is 1. The molecular formula is C12H14N2O3S. The Morgan fingerprint density at radius 1 is 1.33 bits per heavy atom. The van der Waals surface area contributed by atoms with Gasteiger partial charge in [-0.2, -0.15) is 0 Å². The number of carbonyl (C=O) groups excluding carboxylic acids is 1. The predicted octanol–water partition coefficient (Wildman–Crippen LogP) is 1.83. The summed E-state index contributed by atoms with van der Waals surface area (Å²) in [5.74, 6) is -1.49. The van der Waals surface area contributed by atoms with Crippen LogP contribution in [0.1, 0.15) is 19.3 Å². The fourth-order valence-corrected chi connectivity index (χ4v) is 4.03. The van der Waals surface area contributed by atoms with Gasteiger partial charge in [-0.3, -0.25) is 9.59 Å². The van der Waals surface area contributed by atoms with Crippen molar-refractivity contribution in [2.45, 2.75) is 19.3 Å². The van der Waals surface area contributed by atoms with Gasteiger partial charge in [0.15, 0.2) is 5.13 Å². The number of thiazole rings is 1. The molecule has 1 aromatic rings. The molecule has 0 unspecified atom stereocenters. The largest absolute Gasteiger partial charge is 0.481 e. The summed E-state index contributed by atoms with van der Waals surface area (Å²) < 4.78 is 0. The van der Waals surface area contributed by atoms with E-state index in [1.54, 1.807) is 11.6 Å². The molecule has 0 aromatic carbocycles. The SMILES string of the molecule is O=C(O)[C@@H]1[C@@H]2CC[C@H](C2)[C@H]1C(=O)Nc1nccs1. The van der Waals surface area contributed by atoms with Crippen molar-refractivity contribution in [3.63, 3.8) is 0 Å². The van der Waals surface area contributed by atoms with Gasteiger partial charge in [0.25, 0.3) is 0 Å². The Morgan fingerprint density at radius 3 is 2.67 bits per heavy atom. The van der Waals surface area contributed by atoms with Gasteiger partial charge in [-0.25, -0.2) is 4.98 Å². The highest BCUT2D eigenvalue weighted by atomic mass is 32.1. The molecule has 2 fully saturated rings. The van der Waals surface area contributed by atoms with Gasteiger partial charge in [0.2, 0.25) is 5.91 Å². The van der Waals surface area contributed by atoms with E-state index in [0.717, 1.165) is 19.3 Å². The predicted molar refractivity (Wildman–Crippen MR) is 66.2 cm³/mol. The summed E-state index contributed by atoms with van der Waals surface area (Å²) in [5, 5.41) is 14.4. The van der Waals surface area contributed by atoms with Crippen LogP contribution in [-0.4, -0.2) is 22.0 Å². The summed E-state index contributed by atoms with van der Waals surface area (Å²) in [6, 6.07) is 0. The van der Waals surface area contributed by atoms with Gasteiger partial charge < -0.3 is 10.4 Å². The Kier molecular flexibility index (Phi) is 2.81. The number of nitrogens with zero attached hydrogens (tertiary/aromatic N) is 1. The van der Waals surface area contributed by atoms with Crippen molar-refractivity contribution >= 4 is 28.3 Å². The first kappa shape index (κ1) is 11.6. The van der Waals surface area contributed by atoms with Crippen molar-refractivity contribution in [2.24, 2.45) is 23.7 Å². The van der Waals surface area contributed by atoms with Crippen LogP contribution >= 0.6 is 11.3 Å². The van der Waals surface area contributed by atoms with Crippen LogP contribution in [0.4, 0.5) is 5.13 Å². The lowest BCUT2D eigenvalue weighted by molar-refractivity contribution is -0.148. The Bertz CT molecular complexity index is 474. The highest BCUT2D eigenvalue weighted by Gasteiger charge is 2.54. The normalized spacial score (nSPS) is 33.6. The van der Waals surface area contributed by atoms with E-state index in [4.69, 9.17) is 0 Å². The molecule has 2 bridgehead atoms. The quantitative estimate of drug-likeness (QED) is 0.874. The number of carboxylic acid groups (broad SMARTS) is 1. The second kappa shape index (κ2) is 4.35. The summed E-state index contributed by atoms with van der Waals surface area (Å²) >= 11 is 1.35. The van der Waals surface area contributed by atoms with Gasteiger partial charge in [0.05, 0.1) is 11.8 Å². The maximum absolute atomic E-state index is 12.2. The molecule has 2 aliphatic carbocycles. The van der Waals surface area contributed by atoms with E-state index in [1.165, 1.54) is 11.3 Å². The first-order chi connectivity index (χ1) is 8.66. The molecule has 1 heterocycles. The first-order valence-electron chi connectivity index (χ1n) is 6.10. The zero-order valence-electron chi connectivity index (χ0n) is 9.70. The molecule has 6 heteroatoms. The number of aliphatic carboxylic acids is 1. The number of hydrogen-bond donors (Lipinski definition) is 2. The molecule has 2 aliphatic rings. The highest BCUT2D eigenvalue weighted by Crippen LogP contribution is 2.52. The number of rotatable bonds is 3. The fraction of sp³-hybridized carbons (Fsp3) is 0.583. The second-order valence-electron chi connectivity index (χ2n) is 5.05. The van der Waals surface area contributed by atoms with Crippen LogP contribution in [0, 0.1) is 23.7 Å². The summed E-state index contributed by atoms with van der Waals surface area (Å²) in [6.45, 7) is 0. The van der Waals surface area contributed by atoms with Gasteiger partial charge >= 0.3 is 5.97 Å². The lowest BCUT2D eigenvalue weighted by Gasteiger charge is -2.26. The number of anilines is 1. The average molecular weight is 266 g/mol. The minimum Gasteiger partial charge on any atom is -0.481 e. The molecule has 4 atom stereocenters. The van der Waals surface area contributed by atoms with E-state index in [0.29, 0.717) is 5.13 Å². The van der Waals surface area contributed by atoms with Crippen LogP contribution < -0.4 is 5.32 Å². The maximum atomic E-state index is 12.2. The summed E-state index contributed by atoms with van der Waals surface area (Å²) in [4.78, 5) is 27.5. The smallest absolute Gasteiger partial charge is 0.307 e. The van der Waals surface area contributed by atoms with Gasteiger partial charge in [-0.1, -0.05) is 0 Å². The van der Waals surface area contributed by atoms with Crippen LogP contribution in [0.15, 0.2) is 11.6 Å². The van der Waals surface area contributed by atoms with Crippen LogP contribution in [0.3, 0.4) is 0 Å². The standard InChI is InChI=1S/C12H14N2O3S/c15-10(14-12-13-3-4-18-12)8-6-1-2-7(5-6)9(8)11(16)17/h3-4,6-9H,1-2,5H2,(H,16,17)(H,13,14,15)/t6-,7-,8-,9-/m1/s1. The number of carbonyl (C=O) groups is 2. The molecule has 0 aliphatic heterocycles. The van der Waals surface area contributed by atoms with Crippen LogP contribution in [0.2, 0.25) is 0 Å². The lowest BCUT2D eigenvalue weighted by Crippen LogP contribution is -2.37. The molecule has 5 nitrogen and oxygen atoms in total. The summed E-state index contributed by atoms with van der Waals surface area (Å²) in [5.41, 5.74) is 0. The van der Waals surface area contributed by atoms with Crippen molar-refractivity contribution in [3.8, 4) is 0 Å². The van der Waals surface area contributed by atoms with Crippen molar-refractivity contribution in [1.82, 2.24) is 4.98 Å². The number of hydrogen-bond acceptors (Lipinski definition) is 4. The Balaban J connectivity index is 1.78. The third-order valence-electron chi connectivity index (χ3n) is 4.17. The number of amides is 1. The minimum absolute atomic E-state index is 0.176. The molecule has 0 radical (unpaired) electrons. The summed E-state index contributed by atoms with van der Waals surface area (Å²) in [7, 11) is 0. The monoisotopic (exact) mass is 266 g/mol. The topological polar surface area (TPSA) is 79.3 Å². The molecule has 96 valence electrons. The van der Waals surface area contributed by atoms with E-state index in [9.17, 15) is 14.7 Å². The Labute approximate surface area is 108 Å². The Hall–Kier alpha value is -1.43. The average Bonchev–Trinajstić information content (AvgIpc) is 3.03. The fourth-order valence-electron chi connectivity index (χ4n) is 3.50. The zero-order valence-corrected chi connectivity index (χ0v) is 10.5. The molecule has 2 saturated carbocycles. The maximum Gasteiger partial charge on any atom is 0.307 e. The zero-order chi connectivity index (χ0) is 12.7. The van der Waals surface area contributed by atoms with E-state index in [1.807, 2.05) is 0 Å². The molecule has 1 amide bonds. The van der Waals surface area contributed by atoms with E-state index in [2.05, 4.69) is 10.3 Å². The number of nitrogens with one attached hydrogen (secondary N) is 1. The van der Waals surface area contributed by atoms with Gasteiger partial charge in [-0.05, 0) is 31.1 Å². The number of fused-ring (bicyclic) bond motifs is 2. The van der Waals surface area contributed by atoms with E-state index in [-0.39, 0.29) is 23.7 Å². The van der Waals surface area contributed by atoms with Crippen molar-refractivity contribution in [1.29, 1.82) is 0 Å². The number of aromatic nitrogens is 1. The molecule has 18 heavy (non-hydrogen) atoms. The molecule has 0 spiro atoms. The molecular weight excluding hydrogens is 252 g/mol. The van der Waals surface area contributed by atoms with Crippen LogP contribution in [-0.2, 0) is 9.59 Å². The van der Waals surface area contributed by atoms with E-state index >= 15 is 0 Å². The van der Waals surface area contributed by atoms with Gasteiger partial charge in [0.1, 0.15) is 0 Å². The third-order valence-corrected chi connectivity index (χ3v) is 4.86. The van der Waals surface area contributed by atoms with Crippen molar-refractivity contribution < 1.29 is 14.7 Å². The first-order valence-corrected chi connectivity index (χ1v) is 6.98. The third kappa shape index (κ3) is 1.80. The second-order valence-corrected chi connectivity index (χ2v) is 5.94. The van der Waals surface area contributed by atoms with Crippen LogP contribution in [0.5, 0.6) is 0 Å². The molecule has 0 saturated heterocycles. The lowest BCUT2D eigenvalue weighted by atomic mass is 9.79.